The van der Waals surface area contributed by atoms with Gasteiger partial charge in [-0.05, 0) is 39.4 Å². The van der Waals surface area contributed by atoms with Crippen molar-refractivity contribution in [1.29, 1.82) is 0 Å². The molecule has 0 atom stereocenters. The lowest BCUT2D eigenvalue weighted by Gasteiger charge is -2.19. The van der Waals surface area contributed by atoms with E-state index in [-0.39, 0.29) is 5.41 Å². The number of benzene rings is 1. The van der Waals surface area contributed by atoms with Gasteiger partial charge in [-0.15, -0.1) is 0 Å². The lowest BCUT2D eigenvalue weighted by molar-refractivity contribution is 0.590. The summed E-state index contributed by atoms with van der Waals surface area (Å²) in [5, 5.41) is 0. The van der Waals surface area contributed by atoms with Gasteiger partial charge in [0, 0.05) is 6.42 Å². The van der Waals surface area contributed by atoms with Crippen LogP contribution in [-0.2, 0) is 11.8 Å². The van der Waals surface area contributed by atoms with Crippen molar-refractivity contribution in [2.24, 2.45) is 0 Å². The molecule has 2 aromatic rings. The second kappa shape index (κ2) is 4.88. The quantitative estimate of drug-likeness (QED) is 0.877. The Morgan fingerprint density at radius 2 is 1.78 bits per heavy atom. The third-order valence-corrected chi connectivity index (χ3v) is 3.70. The summed E-state index contributed by atoms with van der Waals surface area (Å²) in [6.07, 6.45) is 0.881. The number of H-pyrrole nitrogens is 1. The van der Waals surface area contributed by atoms with Crippen LogP contribution in [0.4, 0.5) is 0 Å². The summed E-state index contributed by atoms with van der Waals surface area (Å²) in [5.74, 6) is 0.947. The van der Waals surface area contributed by atoms with E-state index in [9.17, 15) is 0 Å². The van der Waals surface area contributed by atoms with Gasteiger partial charge in [-0.2, -0.15) is 0 Å². The van der Waals surface area contributed by atoms with Gasteiger partial charge in [0.2, 0.25) is 0 Å². The number of aromatic nitrogens is 2. The second-order valence-corrected chi connectivity index (χ2v) is 6.47. The van der Waals surface area contributed by atoms with E-state index in [1.807, 2.05) is 6.92 Å². The molecule has 0 amide bonds. The Morgan fingerprint density at radius 3 is 2.22 bits per heavy atom. The van der Waals surface area contributed by atoms with Crippen molar-refractivity contribution in [1.82, 2.24) is 9.97 Å². The van der Waals surface area contributed by atoms with Crippen LogP contribution in [0.15, 0.2) is 28.9 Å². The Bertz CT molecular complexity index is 533. The Kier molecular flexibility index (Phi) is 3.62. The van der Waals surface area contributed by atoms with Crippen molar-refractivity contribution < 1.29 is 0 Å². The molecule has 0 aliphatic rings. The van der Waals surface area contributed by atoms with Gasteiger partial charge in [-0.3, -0.25) is 0 Å². The SMILES string of the molecule is Cc1nc(Br)c(Cc2ccc(C(C)(C)C)cc2)[nH]1. The van der Waals surface area contributed by atoms with Gasteiger partial charge in [0.1, 0.15) is 10.4 Å². The van der Waals surface area contributed by atoms with Crippen molar-refractivity contribution in [3.63, 3.8) is 0 Å². The number of aromatic amines is 1. The molecule has 0 fully saturated rings. The standard InChI is InChI=1S/C15H19BrN2/c1-10-17-13(14(16)18-10)9-11-5-7-12(8-6-11)15(2,3)4/h5-8H,9H2,1-4H3,(H,17,18). The maximum atomic E-state index is 4.33. The summed E-state index contributed by atoms with van der Waals surface area (Å²) in [6.45, 7) is 8.67. The molecule has 0 saturated heterocycles. The van der Waals surface area contributed by atoms with E-state index >= 15 is 0 Å². The van der Waals surface area contributed by atoms with Gasteiger partial charge in [0.05, 0.1) is 5.69 Å². The number of rotatable bonds is 2. The molecule has 1 aromatic carbocycles. The molecule has 0 saturated carbocycles. The number of imidazole rings is 1. The molecule has 0 bridgehead atoms. The zero-order valence-electron chi connectivity index (χ0n) is 11.3. The molecule has 1 heterocycles. The third-order valence-electron chi connectivity index (χ3n) is 3.05. The second-order valence-electron chi connectivity index (χ2n) is 5.72. The van der Waals surface area contributed by atoms with Crippen molar-refractivity contribution >= 4 is 15.9 Å². The lowest BCUT2D eigenvalue weighted by atomic mass is 9.86. The van der Waals surface area contributed by atoms with Crippen molar-refractivity contribution in [3.8, 4) is 0 Å². The smallest absolute Gasteiger partial charge is 0.127 e. The molecule has 2 rings (SSSR count). The fraction of sp³-hybridized carbons (Fsp3) is 0.400. The zero-order valence-corrected chi connectivity index (χ0v) is 12.9. The molecule has 1 aromatic heterocycles. The van der Waals surface area contributed by atoms with E-state index in [1.165, 1.54) is 11.1 Å². The Labute approximate surface area is 117 Å². The van der Waals surface area contributed by atoms with Gasteiger partial charge < -0.3 is 4.98 Å². The highest BCUT2D eigenvalue weighted by Gasteiger charge is 2.13. The van der Waals surface area contributed by atoms with Gasteiger partial charge in [0.25, 0.3) is 0 Å². The molecule has 0 aliphatic heterocycles. The van der Waals surface area contributed by atoms with Gasteiger partial charge >= 0.3 is 0 Å². The molecular formula is C15H19BrN2. The number of hydrogen-bond donors (Lipinski definition) is 1. The number of nitrogens with one attached hydrogen (secondary N) is 1. The molecule has 1 N–H and O–H groups in total. The van der Waals surface area contributed by atoms with Crippen LogP contribution in [0.1, 0.15) is 43.4 Å². The minimum absolute atomic E-state index is 0.212. The molecule has 0 radical (unpaired) electrons. The highest BCUT2D eigenvalue weighted by Crippen LogP contribution is 2.23. The van der Waals surface area contributed by atoms with E-state index in [1.54, 1.807) is 0 Å². The number of nitrogens with zero attached hydrogens (tertiary/aromatic N) is 1. The molecule has 18 heavy (non-hydrogen) atoms. The first-order chi connectivity index (χ1) is 8.36. The predicted molar refractivity (Wildman–Crippen MR) is 79.0 cm³/mol. The monoisotopic (exact) mass is 306 g/mol. The van der Waals surface area contributed by atoms with Gasteiger partial charge in [-0.1, -0.05) is 45.0 Å². The van der Waals surface area contributed by atoms with Gasteiger partial charge in [0.15, 0.2) is 0 Å². The molecule has 0 unspecified atom stereocenters. The van der Waals surface area contributed by atoms with E-state index in [0.29, 0.717) is 0 Å². The summed E-state index contributed by atoms with van der Waals surface area (Å²) in [7, 11) is 0. The predicted octanol–water partition coefficient (Wildman–Crippen LogP) is 4.37. The Morgan fingerprint density at radius 1 is 1.17 bits per heavy atom. The summed E-state index contributed by atoms with van der Waals surface area (Å²) in [4.78, 5) is 7.60. The molecule has 3 heteroatoms. The number of aryl methyl sites for hydroxylation is 1. The molecular weight excluding hydrogens is 288 g/mol. The summed E-state index contributed by atoms with van der Waals surface area (Å²) in [5.41, 5.74) is 4.01. The number of hydrogen-bond acceptors (Lipinski definition) is 1. The fourth-order valence-electron chi connectivity index (χ4n) is 1.96. The molecule has 96 valence electrons. The maximum Gasteiger partial charge on any atom is 0.127 e. The largest absolute Gasteiger partial charge is 0.345 e. The van der Waals surface area contributed by atoms with Crippen LogP contribution in [0, 0.1) is 6.92 Å². The van der Waals surface area contributed by atoms with Crippen LogP contribution < -0.4 is 0 Å². The van der Waals surface area contributed by atoms with Crippen LogP contribution in [0.3, 0.4) is 0 Å². The molecule has 0 aliphatic carbocycles. The van der Waals surface area contributed by atoms with Crippen LogP contribution in [0.2, 0.25) is 0 Å². The average Bonchev–Trinajstić information content (AvgIpc) is 2.57. The van der Waals surface area contributed by atoms with Crippen LogP contribution in [0.5, 0.6) is 0 Å². The number of halogens is 1. The van der Waals surface area contributed by atoms with Crippen LogP contribution in [0.25, 0.3) is 0 Å². The fourth-order valence-corrected chi connectivity index (χ4v) is 2.46. The lowest BCUT2D eigenvalue weighted by Crippen LogP contribution is -2.10. The van der Waals surface area contributed by atoms with Crippen molar-refractivity contribution in [2.45, 2.75) is 39.5 Å². The van der Waals surface area contributed by atoms with E-state index < -0.39 is 0 Å². The zero-order chi connectivity index (χ0) is 13.3. The first kappa shape index (κ1) is 13.3. The normalized spacial score (nSPS) is 11.8. The first-order valence-corrected chi connectivity index (χ1v) is 6.96. The summed E-state index contributed by atoms with van der Waals surface area (Å²) in [6, 6.07) is 8.82. The van der Waals surface area contributed by atoms with Gasteiger partial charge in [-0.25, -0.2) is 4.98 Å². The molecule has 0 spiro atoms. The Hall–Kier alpha value is -1.09. The molecule has 2 nitrogen and oxygen atoms in total. The summed E-state index contributed by atoms with van der Waals surface area (Å²) < 4.78 is 0.917. The van der Waals surface area contributed by atoms with E-state index in [0.717, 1.165) is 22.5 Å². The summed E-state index contributed by atoms with van der Waals surface area (Å²) >= 11 is 3.48. The Balaban J connectivity index is 2.18. The van der Waals surface area contributed by atoms with Crippen LogP contribution >= 0.6 is 15.9 Å². The topological polar surface area (TPSA) is 28.7 Å². The third kappa shape index (κ3) is 3.02. The minimum Gasteiger partial charge on any atom is -0.345 e. The van der Waals surface area contributed by atoms with E-state index in [4.69, 9.17) is 0 Å². The first-order valence-electron chi connectivity index (χ1n) is 6.16. The van der Waals surface area contributed by atoms with Crippen LogP contribution in [-0.4, -0.2) is 9.97 Å². The van der Waals surface area contributed by atoms with Crippen molar-refractivity contribution in [2.75, 3.05) is 0 Å². The maximum absolute atomic E-state index is 4.33. The van der Waals surface area contributed by atoms with E-state index in [2.05, 4.69) is 70.9 Å². The highest BCUT2D eigenvalue weighted by atomic mass is 79.9. The highest BCUT2D eigenvalue weighted by molar-refractivity contribution is 9.10. The average molecular weight is 307 g/mol. The minimum atomic E-state index is 0.212. The van der Waals surface area contributed by atoms with Crippen molar-refractivity contribution in [3.05, 3.63) is 51.5 Å².